The van der Waals surface area contributed by atoms with Crippen LogP contribution in [0.15, 0.2) is 24.4 Å². The second kappa shape index (κ2) is 7.20. The summed E-state index contributed by atoms with van der Waals surface area (Å²) in [4.78, 5) is 28.4. The van der Waals surface area contributed by atoms with Crippen molar-refractivity contribution in [2.24, 2.45) is 0 Å². The van der Waals surface area contributed by atoms with Crippen molar-refractivity contribution in [1.82, 2.24) is 15.6 Å². The van der Waals surface area contributed by atoms with Gasteiger partial charge in [0, 0.05) is 25.4 Å². The highest BCUT2D eigenvalue weighted by molar-refractivity contribution is 5.91. The van der Waals surface area contributed by atoms with Crippen molar-refractivity contribution in [3.63, 3.8) is 0 Å². The molecule has 5 nitrogen and oxygen atoms in total. The van der Waals surface area contributed by atoms with Gasteiger partial charge >= 0.3 is 0 Å². The molecule has 0 atom stereocenters. The zero-order valence-corrected chi connectivity index (χ0v) is 12.5. The molecule has 0 aromatic carbocycles. The second-order valence-electron chi connectivity index (χ2n) is 5.59. The predicted octanol–water partition coefficient (Wildman–Crippen LogP) is 1.58. The first-order chi connectivity index (χ1) is 10.2. The molecule has 114 valence electrons. The van der Waals surface area contributed by atoms with Gasteiger partial charge in [-0.25, -0.2) is 0 Å². The van der Waals surface area contributed by atoms with Crippen molar-refractivity contribution in [2.45, 2.75) is 50.5 Å². The fourth-order valence-electron chi connectivity index (χ4n) is 2.93. The van der Waals surface area contributed by atoms with Gasteiger partial charge in [-0.1, -0.05) is 18.9 Å². The number of nitrogens with zero attached hydrogens (tertiary/aromatic N) is 1. The molecule has 1 aromatic heterocycles. The second-order valence-corrected chi connectivity index (χ2v) is 5.59. The quantitative estimate of drug-likeness (QED) is 0.835. The summed E-state index contributed by atoms with van der Waals surface area (Å²) in [6.45, 7) is 0. The molecule has 21 heavy (non-hydrogen) atoms. The van der Waals surface area contributed by atoms with Crippen molar-refractivity contribution in [1.29, 1.82) is 0 Å². The van der Waals surface area contributed by atoms with Crippen LogP contribution >= 0.6 is 0 Å². The average molecular weight is 289 g/mol. The molecule has 5 heteroatoms. The van der Waals surface area contributed by atoms with Gasteiger partial charge in [-0.15, -0.1) is 0 Å². The zero-order chi connectivity index (χ0) is 15.1. The number of nitrogens with one attached hydrogen (secondary N) is 2. The van der Waals surface area contributed by atoms with Crippen molar-refractivity contribution < 1.29 is 9.59 Å². The van der Waals surface area contributed by atoms with Crippen LogP contribution in [0, 0.1) is 0 Å². The van der Waals surface area contributed by atoms with E-state index in [2.05, 4.69) is 15.6 Å². The number of hydrogen-bond acceptors (Lipinski definition) is 3. The van der Waals surface area contributed by atoms with Gasteiger partial charge in [-0.05, 0) is 37.8 Å². The lowest BCUT2D eigenvalue weighted by atomic mass is 9.96. The van der Waals surface area contributed by atoms with Crippen molar-refractivity contribution >= 4 is 11.8 Å². The Morgan fingerprint density at radius 1 is 1.29 bits per heavy atom. The van der Waals surface area contributed by atoms with Gasteiger partial charge in [0.15, 0.2) is 0 Å². The third-order valence-corrected chi connectivity index (χ3v) is 4.06. The van der Waals surface area contributed by atoms with Crippen LogP contribution in [0.5, 0.6) is 0 Å². The van der Waals surface area contributed by atoms with E-state index in [9.17, 15) is 9.59 Å². The van der Waals surface area contributed by atoms with Crippen LogP contribution in [-0.2, 0) is 16.0 Å². The van der Waals surface area contributed by atoms with E-state index < -0.39 is 5.54 Å². The molecule has 0 radical (unpaired) electrons. The fourth-order valence-corrected chi connectivity index (χ4v) is 2.93. The molecule has 1 aliphatic carbocycles. The van der Waals surface area contributed by atoms with Crippen molar-refractivity contribution in [3.8, 4) is 0 Å². The minimum atomic E-state index is -0.684. The Balaban J connectivity index is 1.81. The Morgan fingerprint density at radius 3 is 2.67 bits per heavy atom. The highest BCUT2D eigenvalue weighted by Crippen LogP contribution is 2.30. The summed E-state index contributed by atoms with van der Waals surface area (Å²) in [5.74, 6) is -0.116. The number of amides is 2. The molecule has 0 saturated heterocycles. The van der Waals surface area contributed by atoms with Crippen LogP contribution in [0.2, 0.25) is 0 Å². The van der Waals surface area contributed by atoms with E-state index in [0.29, 0.717) is 6.42 Å². The Hall–Kier alpha value is -1.91. The first kappa shape index (κ1) is 15.5. The van der Waals surface area contributed by atoms with E-state index in [1.165, 1.54) is 0 Å². The van der Waals surface area contributed by atoms with Gasteiger partial charge in [0.1, 0.15) is 5.54 Å². The average Bonchev–Trinajstić information content (AvgIpc) is 2.97. The molecule has 1 aromatic rings. The molecule has 1 aliphatic rings. The zero-order valence-electron chi connectivity index (χ0n) is 12.5. The Kier molecular flexibility index (Phi) is 5.31. The lowest BCUT2D eigenvalue weighted by molar-refractivity contribution is -0.133. The summed E-state index contributed by atoms with van der Waals surface area (Å²) >= 11 is 0. The number of aromatic nitrogens is 1. The first-order valence-electron chi connectivity index (χ1n) is 7.59. The smallest absolute Gasteiger partial charge is 0.245 e. The molecule has 1 heterocycles. The number of rotatable bonds is 6. The lowest BCUT2D eigenvalue weighted by Crippen LogP contribution is -2.56. The largest absolute Gasteiger partial charge is 0.357 e. The van der Waals surface area contributed by atoms with E-state index in [0.717, 1.165) is 44.2 Å². The van der Waals surface area contributed by atoms with E-state index >= 15 is 0 Å². The highest BCUT2D eigenvalue weighted by Gasteiger charge is 2.41. The summed E-state index contributed by atoms with van der Waals surface area (Å²) in [5, 5.41) is 5.63. The summed E-state index contributed by atoms with van der Waals surface area (Å²) in [7, 11) is 1.62. The van der Waals surface area contributed by atoms with E-state index in [-0.39, 0.29) is 11.8 Å². The van der Waals surface area contributed by atoms with Crippen LogP contribution in [-0.4, -0.2) is 29.4 Å². The van der Waals surface area contributed by atoms with Crippen molar-refractivity contribution in [3.05, 3.63) is 30.1 Å². The van der Waals surface area contributed by atoms with Crippen LogP contribution in [0.25, 0.3) is 0 Å². The molecular weight excluding hydrogens is 266 g/mol. The van der Waals surface area contributed by atoms with Crippen LogP contribution in [0.3, 0.4) is 0 Å². The number of carbonyl (C=O) groups excluding carboxylic acids is 2. The molecule has 1 saturated carbocycles. The topological polar surface area (TPSA) is 71.1 Å². The molecule has 1 fully saturated rings. The monoisotopic (exact) mass is 289 g/mol. The van der Waals surface area contributed by atoms with Gasteiger partial charge in [-0.3, -0.25) is 14.6 Å². The van der Waals surface area contributed by atoms with Gasteiger partial charge in [0.2, 0.25) is 11.8 Å². The summed E-state index contributed by atoms with van der Waals surface area (Å²) in [6, 6.07) is 5.78. The molecule has 2 rings (SSSR count). The standard InChI is InChI=1S/C16H23N3O2/c1-17-15(21)16(10-3-4-11-16)19-14(20)9-6-8-13-7-2-5-12-18-13/h2,5,7,12H,3-4,6,8-11H2,1H3,(H,17,21)(H,19,20). The van der Waals surface area contributed by atoms with E-state index in [1.807, 2.05) is 18.2 Å². The molecular formula is C16H23N3O2. The fraction of sp³-hybridized carbons (Fsp3) is 0.562. The molecule has 2 N–H and O–H groups in total. The van der Waals surface area contributed by atoms with Crippen LogP contribution < -0.4 is 10.6 Å². The van der Waals surface area contributed by atoms with Gasteiger partial charge < -0.3 is 10.6 Å². The van der Waals surface area contributed by atoms with Gasteiger partial charge in [-0.2, -0.15) is 0 Å². The highest BCUT2D eigenvalue weighted by atomic mass is 16.2. The Labute approximate surface area is 125 Å². The summed E-state index contributed by atoms with van der Waals surface area (Å²) in [5.41, 5.74) is 0.309. The van der Waals surface area contributed by atoms with E-state index in [4.69, 9.17) is 0 Å². The normalized spacial score (nSPS) is 16.4. The van der Waals surface area contributed by atoms with Gasteiger partial charge in [0.05, 0.1) is 0 Å². The SMILES string of the molecule is CNC(=O)C1(NC(=O)CCCc2ccccn2)CCCC1. The molecule has 0 aliphatic heterocycles. The first-order valence-corrected chi connectivity index (χ1v) is 7.59. The predicted molar refractivity (Wildman–Crippen MR) is 80.6 cm³/mol. The molecule has 0 bridgehead atoms. The number of carbonyl (C=O) groups is 2. The maximum Gasteiger partial charge on any atom is 0.245 e. The maximum absolute atomic E-state index is 12.1. The summed E-state index contributed by atoms with van der Waals surface area (Å²) < 4.78 is 0. The minimum absolute atomic E-state index is 0.0450. The number of aryl methyl sites for hydroxylation is 1. The maximum atomic E-state index is 12.1. The Morgan fingerprint density at radius 2 is 2.05 bits per heavy atom. The third kappa shape index (κ3) is 4.03. The summed E-state index contributed by atoms with van der Waals surface area (Å²) in [6.07, 6.45) is 7.15. The van der Waals surface area contributed by atoms with Gasteiger partial charge in [0.25, 0.3) is 0 Å². The van der Waals surface area contributed by atoms with Crippen molar-refractivity contribution in [2.75, 3.05) is 7.05 Å². The number of hydrogen-bond donors (Lipinski definition) is 2. The molecule has 0 spiro atoms. The molecule has 2 amide bonds. The van der Waals surface area contributed by atoms with Crippen LogP contribution in [0.1, 0.15) is 44.2 Å². The van der Waals surface area contributed by atoms with Crippen LogP contribution in [0.4, 0.5) is 0 Å². The van der Waals surface area contributed by atoms with E-state index in [1.54, 1.807) is 13.2 Å². The lowest BCUT2D eigenvalue weighted by Gasteiger charge is -2.28. The number of likely N-dealkylation sites (N-methyl/N-ethyl adjacent to an activating group) is 1. The number of pyridine rings is 1. The molecule has 0 unspecified atom stereocenters. The third-order valence-electron chi connectivity index (χ3n) is 4.06. The Bertz CT molecular complexity index is 482. The minimum Gasteiger partial charge on any atom is -0.357 e.